The second-order valence-electron chi connectivity index (χ2n) is 5.30. The van der Waals surface area contributed by atoms with Gasteiger partial charge < -0.3 is 10.1 Å². The lowest BCUT2D eigenvalue weighted by Crippen LogP contribution is -2.14. The summed E-state index contributed by atoms with van der Waals surface area (Å²) in [7, 11) is 0. The summed E-state index contributed by atoms with van der Waals surface area (Å²) in [6.45, 7) is 3.04. The van der Waals surface area contributed by atoms with E-state index < -0.39 is 0 Å². The van der Waals surface area contributed by atoms with E-state index >= 15 is 0 Å². The number of ether oxygens (including phenoxy) is 1. The number of rotatable bonds is 6. The van der Waals surface area contributed by atoms with Crippen LogP contribution in [-0.4, -0.2) is 22.3 Å². The average molecular weight is 344 g/mol. The van der Waals surface area contributed by atoms with Gasteiger partial charge in [-0.1, -0.05) is 17.7 Å². The number of halogens is 1. The summed E-state index contributed by atoms with van der Waals surface area (Å²) in [5.41, 5.74) is 1.67. The number of nitrogens with one attached hydrogen (secondary N) is 1. The Morgan fingerprint density at radius 2 is 2.04 bits per heavy atom. The SMILES string of the molecule is CCOc1ccc(NC(=O)CCn2ncc3c(Cl)cccc32)cc1. The van der Waals surface area contributed by atoms with Gasteiger partial charge >= 0.3 is 0 Å². The Morgan fingerprint density at radius 3 is 2.79 bits per heavy atom. The van der Waals surface area contributed by atoms with E-state index in [4.69, 9.17) is 16.3 Å². The first-order valence-corrected chi connectivity index (χ1v) is 8.18. The van der Waals surface area contributed by atoms with Crippen LogP contribution in [0.2, 0.25) is 5.02 Å². The lowest BCUT2D eigenvalue weighted by atomic mass is 10.2. The predicted octanol–water partition coefficient (Wildman–Crippen LogP) is 4.12. The fraction of sp³-hybridized carbons (Fsp3) is 0.222. The summed E-state index contributed by atoms with van der Waals surface area (Å²) >= 11 is 6.13. The van der Waals surface area contributed by atoms with E-state index in [9.17, 15) is 4.79 Å². The molecule has 1 heterocycles. The smallest absolute Gasteiger partial charge is 0.226 e. The number of carbonyl (C=O) groups is 1. The number of fused-ring (bicyclic) bond motifs is 1. The van der Waals surface area contributed by atoms with Crippen molar-refractivity contribution in [3.05, 3.63) is 53.7 Å². The molecule has 3 rings (SSSR count). The first kappa shape index (κ1) is 16.3. The summed E-state index contributed by atoms with van der Waals surface area (Å²) in [4.78, 5) is 12.1. The van der Waals surface area contributed by atoms with Gasteiger partial charge in [-0.15, -0.1) is 0 Å². The molecule has 0 aliphatic rings. The second kappa shape index (κ2) is 7.36. The fourth-order valence-electron chi connectivity index (χ4n) is 2.48. The molecule has 0 fully saturated rings. The Bertz CT molecular complexity index is 843. The Balaban J connectivity index is 1.59. The molecule has 0 aliphatic carbocycles. The van der Waals surface area contributed by atoms with E-state index in [1.165, 1.54) is 0 Å². The van der Waals surface area contributed by atoms with Gasteiger partial charge in [-0.2, -0.15) is 5.10 Å². The second-order valence-corrected chi connectivity index (χ2v) is 5.70. The third-order valence-electron chi connectivity index (χ3n) is 3.63. The third-order valence-corrected chi connectivity index (χ3v) is 3.96. The van der Waals surface area contributed by atoms with Crippen LogP contribution in [0.4, 0.5) is 5.69 Å². The molecule has 0 radical (unpaired) electrons. The number of aryl methyl sites for hydroxylation is 1. The predicted molar refractivity (Wildman–Crippen MR) is 95.6 cm³/mol. The van der Waals surface area contributed by atoms with Crippen LogP contribution in [0.25, 0.3) is 10.9 Å². The summed E-state index contributed by atoms with van der Waals surface area (Å²) in [5, 5.41) is 8.73. The highest BCUT2D eigenvalue weighted by atomic mass is 35.5. The van der Waals surface area contributed by atoms with Crippen LogP contribution in [0.3, 0.4) is 0 Å². The van der Waals surface area contributed by atoms with Crippen molar-refractivity contribution in [1.82, 2.24) is 9.78 Å². The maximum atomic E-state index is 12.1. The fourth-order valence-corrected chi connectivity index (χ4v) is 2.70. The number of aromatic nitrogens is 2. The minimum Gasteiger partial charge on any atom is -0.494 e. The van der Waals surface area contributed by atoms with E-state index in [2.05, 4.69) is 10.4 Å². The van der Waals surface area contributed by atoms with Crippen LogP contribution in [0.1, 0.15) is 13.3 Å². The van der Waals surface area contributed by atoms with E-state index in [1.807, 2.05) is 49.4 Å². The molecule has 1 N–H and O–H groups in total. The van der Waals surface area contributed by atoms with Gasteiger partial charge in [0.25, 0.3) is 0 Å². The molecule has 5 nitrogen and oxygen atoms in total. The molecule has 0 saturated carbocycles. The molecule has 0 aliphatic heterocycles. The van der Waals surface area contributed by atoms with Crippen LogP contribution < -0.4 is 10.1 Å². The molecule has 6 heteroatoms. The molecule has 0 bridgehead atoms. The van der Waals surface area contributed by atoms with Gasteiger partial charge in [0.2, 0.25) is 5.91 Å². The zero-order chi connectivity index (χ0) is 16.9. The topological polar surface area (TPSA) is 56.1 Å². The molecule has 0 saturated heterocycles. The quantitative estimate of drug-likeness (QED) is 0.732. The van der Waals surface area contributed by atoms with E-state index in [0.717, 1.165) is 22.3 Å². The highest BCUT2D eigenvalue weighted by Crippen LogP contribution is 2.23. The molecule has 24 heavy (non-hydrogen) atoms. The van der Waals surface area contributed by atoms with Gasteiger partial charge in [-0.3, -0.25) is 9.48 Å². The van der Waals surface area contributed by atoms with Gasteiger partial charge in [0.15, 0.2) is 0 Å². The monoisotopic (exact) mass is 343 g/mol. The van der Waals surface area contributed by atoms with Crippen molar-refractivity contribution in [1.29, 1.82) is 0 Å². The standard InChI is InChI=1S/C18H18ClN3O2/c1-2-24-14-8-6-13(7-9-14)21-18(23)10-11-22-17-5-3-4-16(19)15(17)12-20-22/h3-9,12H,2,10-11H2,1H3,(H,21,23). The van der Waals surface area contributed by atoms with E-state index in [0.29, 0.717) is 24.6 Å². The van der Waals surface area contributed by atoms with Crippen molar-refractivity contribution in [2.45, 2.75) is 19.9 Å². The first-order valence-electron chi connectivity index (χ1n) is 7.80. The molecule has 0 atom stereocenters. The van der Waals surface area contributed by atoms with Crippen molar-refractivity contribution in [2.24, 2.45) is 0 Å². The average Bonchev–Trinajstić information content (AvgIpc) is 3.00. The zero-order valence-electron chi connectivity index (χ0n) is 13.3. The zero-order valence-corrected chi connectivity index (χ0v) is 14.1. The molecular weight excluding hydrogens is 326 g/mol. The number of benzene rings is 2. The van der Waals surface area contributed by atoms with Crippen molar-refractivity contribution in [3.63, 3.8) is 0 Å². The molecule has 0 spiro atoms. The normalized spacial score (nSPS) is 10.8. The van der Waals surface area contributed by atoms with Crippen LogP contribution >= 0.6 is 11.6 Å². The molecular formula is C18H18ClN3O2. The van der Waals surface area contributed by atoms with Crippen LogP contribution in [-0.2, 0) is 11.3 Å². The maximum absolute atomic E-state index is 12.1. The molecule has 2 aromatic carbocycles. The van der Waals surface area contributed by atoms with Gasteiger partial charge in [-0.25, -0.2) is 0 Å². The summed E-state index contributed by atoms with van der Waals surface area (Å²) < 4.78 is 7.17. The van der Waals surface area contributed by atoms with Crippen LogP contribution in [0.15, 0.2) is 48.7 Å². The van der Waals surface area contributed by atoms with E-state index in [-0.39, 0.29) is 5.91 Å². The van der Waals surface area contributed by atoms with Gasteiger partial charge in [-0.05, 0) is 43.3 Å². The first-order chi connectivity index (χ1) is 11.7. The lowest BCUT2D eigenvalue weighted by molar-refractivity contribution is -0.116. The van der Waals surface area contributed by atoms with Crippen molar-refractivity contribution < 1.29 is 9.53 Å². The lowest BCUT2D eigenvalue weighted by Gasteiger charge is -2.08. The number of amides is 1. The highest BCUT2D eigenvalue weighted by Gasteiger charge is 2.08. The summed E-state index contributed by atoms with van der Waals surface area (Å²) in [5.74, 6) is 0.722. The Morgan fingerprint density at radius 1 is 1.25 bits per heavy atom. The highest BCUT2D eigenvalue weighted by molar-refractivity contribution is 6.35. The van der Waals surface area contributed by atoms with Crippen molar-refractivity contribution >= 4 is 34.1 Å². The van der Waals surface area contributed by atoms with Crippen LogP contribution in [0, 0.1) is 0 Å². The number of nitrogens with zero attached hydrogens (tertiary/aromatic N) is 2. The number of hydrogen-bond acceptors (Lipinski definition) is 3. The van der Waals surface area contributed by atoms with Crippen LogP contribution in [0.5, 0.6) is 5.75 Å². The minimum absolute atomic E-state index is 0.0650. The summed E-state index contributed by atoms with van der Waals surface area (Å²) in [6.07, 6.45) is 2.05. The molecule has 1 aromatic heterocycles. The van der Waals surface area contributed by atoms with Crippen molar-refractivity contribution in [2.75, 3.05) is 11.9 Å². The third kappa shape index (κ3) is 3.68. The van der Waals surface area contributed by atoms with E-state index in [1.54, 1.807) is 10.9 Å². The maximum Gasteiger partial charge on any atom is 0.226 e. The van der Waals surface area contributed by atoms with Gasteiger partial charge in [0.1, 0.15) is 5.75 Å². The van der Waals surface area contributed by atoms with Gasteiger partial charge in [0, 0.05) is 17.5 Å². The Kier molecular flexibility index (Phi) is 5.01. The summed E-state index contributed by atoms with van der Waals surface area (Å²) in [6, 6.07) is 13.0. The number of carbonyl (C=O) groups excluding carboxylic acids is 1. The van der Waals surface area contributed by atoms with Crippen molar-refractivity contribution in [3.8, 4) is 5.75 Å². The van der Waals surface area contributed by atoms with Gasteiger partial charge in [0.05, 0.1) is 29.9 Å². The molecule has 124 valence electrons. The Labute approximate surface area is 145 Å². The molecule has 1 amide bonds. The minimum atomic E-state index is -0.0650. The number of anilines is 1. The number of hydrogen-bond donors (Lipinski definition) is 1. The Hall–Kier alpha value is -2.53. The molecule has 0 unspecified atom stereocenters. The largest absolute Gasteiger partial charge is 0.494 e. The molecule has 3 aromatic rings.